The number of ether oxygens (including phenoxy) is 2. The van der Waals surface area contributed by atoms with Gasteiger partial charge >= 0.3 is 0 Å². The molecule has 0 spiro atoms. The number of nitrogens with one attached hydrogen (secondary N) is 2. The third-order valence-electron chi connectivity index (χ3n) is 4.20. The van der Waals surface area contributed by atoms with E-state index in [0.29, 0.717) is 11.5 Å². The second kappa shape index (κ2) is 10.7. The summed E-state index contributed by atoms with van der Waals surface area (Å²) in [4.78, 5) is 12.2. The third-order valence-corrected chi connectivity index (χ3v) is 6.16. The van der Waals surface area contributed by atoms with Crippen molar-refractivity contribution in [2.24, 2.45) is 0 Å². The van der Waals surface area contributed by atoms with Crippen LogP contribution in [0.15, 0.2) is 47.4 Å². The van der Waals surface area contributed by atoms with E-state index < -0.39 is 10.0 Å². The molecule has 0 aliphatic carbocycles. The molecular weight excluding hydrogens is 428 g/mol. The maximum atomic E-state index is 12.3. The number of benzene rings is 2. The topological polar surface area (TPSA) is 93.7 Å². The molecule has 7 nitrogen and oxygen atoms in total. The van der Waals surface area contributed by atoms with Crippen molar-refractivity contribution in [2.45, 2.75) is 44.2 Å². The standard InChI is InChI=1S/C21H27ClN2O5S/c1-14(2)29-18-10-9-16(13-19(18)28-4)15(3)24-21(25)11-12-23-30(26,27)20-8-6-5-7-17(20)22/h5-10,13-15,23H,11-12H2,1-4H3,(H,24,25). The maximum absolute atomic E-state index is 12.3. The molecule has 0 bridgehead atoms. The monoisotopic (exact) mass is 454 g/mol. The Labute approximate surface area is 182 Å². The van der Waals surface area contributed by atoms with Crippen molar-refractivity contribution in [3.63, 3.8) is 0 Å². The molecule has 2 aromatic carbocycles. The number of amides is 1. The lowest BCUT2D eigenvalue weighted by atomic mass is 10.1. The van der Waals surface area contributed by atoms with Crippen molar-refractivity contribution in [1.82, 2.24) is 10.0 Å². The summed E-state index contributed by atoms with van der Waals surface area (Å²) in [6.07, 6.45) is -0.00361. The summed E-state index contributed by atoms with van der Waals surface area (Å²) in [5.41, 5.74) is 0.841. The van der Waals surface area contributed by atoms with Crippen LogP contribution in [-0.4, -0.2) is 34.1 Å². The van der Waals surface area contributed by atoms with E-state index in [2.05, 4.69) is 10.0 Å². The Balaban J connectivity index is 1.92. The van der Waals surface area contributed by atoms with E-state index in [1.807, 2.05) is 32.9 Å². The summed E-state index contributed by atoms with van der Waals surface area (Å²) in [7, 11) is -2.23. The van der Waals surface area contributed by atoms with Gasteiger partial charge in [0.25, 0.3) is 0 Å². The Hall–Kier alpha value is -2.29. The van der Waals surface area contributed by atoms with Gasteiger partial charge in [0.1, 0.15) is 4.90 Å². The molecule has 2 aromatic rings. The Kier molecular flexibility index (Phi) is 8.52. The zero-order valence-electron chi connectivity index (χ0n) is 17.4. The lowest BCUT2D eigenvalue weighted by Gasteiger charge is -2.18. The maximum Gasteiger partial charge on any atom is 0.242 e. The molecule has 0 radical (unpaired) electrons. The number of halogens is 1. The quantitative estimate of drug-likeness (QED) is 0.571. The number of hydrogen-bond acceptors (Lipinski definition) is 5. The third kappa shape index (κ3) is 6.62. The van der Waals surface area contributed by atoms with Gasteiger partial charge < -0.3 is 14.8 Å². The average Bonchev–Trinajstić information content (AvgIpc) is 2.67. The highest BCUT2D eigenvalue weighted by Gasteiger charge is 2.18. The molecule has 0 aliphatic heterocycles. The van der Waals surface area contributed by atoms with Crippen LogP contribution in [0.25, 0.3) is 0 Å². The van der Waals surface area contributed by atoms with Gasteiger partial charge in [-0.1, -0.05) is 29.8 Å². The van der Waals surface area contributed by atoms with Crippen LogP contribution in [-0.2, 0) is 14.8 Å². The van der Waals surface area contributed by atoms with Crippen LogP contribution in [0, 0.1) is 0 Å². The van der Waals surface area contributed by atoms with Gasteiger partial charge in [0, 0.05) is 13.0 Å². The number of rotatable bonds is 10. The summed E-state index contributed by atoms with van der Waals surface area (Å²) < 4.78 is 38.1. The van der Waals surface area contributed by atoms with Crippen LogP contribution in [0.1, 0.15) is 38.8 Å². The van der Waals surface area contributed by atoms with Gasteiger partial charge in [-0.05, 0) is 50.6 Å². The van der Waals surface area contributed by atoms with Crippen LogP contribution >= 0.6 is 11.6 Å². The number of carbonyl (C=O) groups excluding carboxylic acids is 1. The van der Waals surface area contributed by atoms with E-state index >= 15 is 0 Å². The van der Waals surface area contributed by atoms with Gasteiger partial charge in [-0.2, -0.15) is 0 Å². The second-order valence-corrected chi connectivity index (χ2v) is 9.09. The normalized spacial score (nSPS) is 12.5. The predicted octanol–water partition coefficient (Wildman–Crippen LogP) is 3.68. The minimum atomic E-state index is -3.78. The summed E-state index contributed by atoms with van der Waals surface area (Å²) in [6.45, 7) is 5.65. The molecule has 2 rings (SSSR count). The largest absolute Gasteiger partial charge is 0.493 e. The fourth-order valence-electron chi connectivity index (χ4n) is 2.74. The summed E-state index contributed by atoms with van der Waals surface area (Å²) >= 11 is 5.93. The van der Waals surface area contributed by atoms with Gasteiger partial charge in [-0.3, -0.25) is 4.79 Å². The van der Waals surface area contributed by atoms with E-state index in [1.165, 1.54) is 12.1 Å². The van der Waals surface area contributed by atoms with Crippen LogP contribution in [0.4, 0.5) is 0 Å². The van der Waals surface area contributed by atoms with Gasteiger partial charge in [0.05, 0.1) is 24.3 Å². The fraction of sp³-hybridized carbons (Fsp3) is 0.381. The van der Waals surface area contributed by atoms with E-state index in [1.54, 1.807) is 25.3 Å². The number of hydrogen-bond donors (Lipinski definition) is 2. The molecule has 0 saturated carbocycles. The fourth-order valence-corrected chi connectivity index (χ4v) is 4.29. The highest BCUT2D eigenvalue weighted by molar-refractivity contribution is 7.89. The lowest BCUT2D eigenvalue weighted by molar-refractivity contribution is -0.121. The van der Waals surface area contributed by atoms with E-state index in [0.717, 1.165) is 5.56 Å². The molecule has 0 saturated heterocycles. The van der Waals surface area contributed by atoms with Gasteiger partial charge in [0.15, 0.2) is 11.5 Å². The first-order valence-corrected chi connectivity index (χ1v) is 11.4. The molecule has 9 heteroatoms. The number of carbonyl (C=O) groups is 1. The zero-order valence-corrected chi connectivity index (χ0v) is 19.0. The van der Waals surface area contributed by atoms with Crippen molar-refractivity contribution >= 4 is 27.5 Å². The Bertz CT molecular complexity index is 979. The molecule has 1 amide bonds. The summed E-state index contributed by atoms with van der Waals surface area (Å²) in [6, 6.07) is 11.3. The zero-order chi connectivity index (χ0) is 22.3. The SMILES string of the molecule is COc1cc(C(C)NC(=O)CCNS(=O)(=O)c2ccccc2Cl)ccc1OC(C)C. The molecule has 0 fully saturated rings. The number of sulfonamides is 1. The molecule has 0 heterocycles. The Morgan fingerprint density at radius 1 is 1.10 bits per heavy atom. The van der Waals surface area contributed by atoms with Crippen LogP contribution in [0.5, 0.6) is 11.5 Å². The average molecular weight is 455 g/mol. The Morgan fingerprint density at radius 3 is 2.43 bits per heavy atom. The molecule has 164 valence electrons. The van der Waals surface area contributed by atoms with Crippen LogP contribution < -0.4 is 19.5 Å². The van der Waals surface area contributed by atoms with Crippen molar-refractivity contribution in [3.8, 4) is 11.5 Å². The second-order valence-electron chi connectivity index (χ2n) is 6.94. The van der Waals surface area contributed by atoms with E-state index in [-0.39, 0.29) is 40.9 Å². The molecule has 0 aliphatic rings. The van der Waals surface area contributed by atoms with Crippen molar-refractivity contribution in [2.75, 3.05) is 13.7 Å². The van der Waals surface area contributed by atoms with Crippen molar-refractivity contribution in [3.05, 3.63) is 53.1 Å². The summed E-state index contributed by atoms with van der Waals surface area (Å²) in [5.74, 6) is 0.921. The van der Waals surface area contributed by atoms with Crippen LogP contribution in [0.3, 0.4) is 0 Å². The van der Waals surface area contributed by atoms with Crippen molar-refractivity contribution < 1.29 is 22.7 Å². The molecule has 30 heavy (non-hydrogen) atoms. The summed E-state index contributed by atoms with van der Waals surface area (Å²) in [5, 5.41) is 2.98. The first-order valence-electron chi connectivity index (χ1n) is 9.52. The molecule has 1 unspecified atom stereocenters. The van der Waals surface area contributed by atoms with Gasteiger partial charge in [-0.15, -0.1) is 0 Å². The molecular formula is C21H27ClN2O5S. The first-order chi connectivity index (χ1) is 14.1. The minimum Gasteiger partial charge on any atom is -0.493 e. The first kappa shape index (κ1) is 24.0. The molecule has 0 aromatic heterocycles. The van der Waals surface area contributed by atoms with Gasteiger partial charge in [0.2, 0.25) is 15.9 Å². The highest BCUT2D eigenvalue weighted by Crippen LogP contribution is 2.31. The molecule has 1 atom stereocenters. The minimum absolute atomic E-state index is 0.0106. The van der Waals surface area contributed by atoms with Crippen LogP contribution in [0.2, 0.25) is 5.02 Å². The predicted molar refractivity (Wildman–Crippen MR) is 117 cm³/mol. The molecule has 2 N–H and O–H groups in total. The number of methoxy groups -OCH3 is 1. The van der Waals surface area contributed by atoms with E-state index in [9.17, 15) is 13.2 Å². The lowest BCUT2D eigenvalue weighted by Crippen LogP contribution is -2.32. The van der Waals surface area contributed by atoms with Gasteiger partial charge in [-0.25, -0.2) is 13.1 Å². The van der Waals surface area contributed by atoms with Crippen molar-refractivity contribution in [1.29, 1.82) is 0 Å². The highest BCUT2D eigenvalue weighted by atomic mass is 35.5. The van der Waals surface area contributed by atoms with E-state index in [4.69, 9.17) is 21.1 Å². The Morgan fingerprint density at radius 2 is 1.80 bits per heavy atom. The smallest absolute Gasteiger partial charge is 0.242 e.